The van der Waals surface area contributed by atoms with Crippen LogP contribution in [-0.2, 0) is 6.54 Å². The van der Waals surface area contributed by atoms with Crippen LogP contribution in [-0.4, -0.2) is 24.1 Å². The molecule has 0 radical (unpaired) electrons. The molecule has 1 aromatic carbocycles. The van der Waals surface area contributed by atoms with Crippen LogP contribution in [0.2, 0.25) is 5.02 Å². The molecule has 1 N–H and O–H groups in total. The zero-order chi connectivity index (χ0) is 13.0. The van der Waals surface area contributed by atoms with E-state index >= 15 is 0 Å². The van der Waals surface area contributed by atoms with Crippen molar-refractivity contribution in [2.45, 2.75) is 6.54 Å². The van der Waals surface area contributed by atoms with Gasteiger partial charge in [-0.2, -0.15) is 0 Å². The van der Waals surface area contributed by atoms with Crippen LogP contribution in [0, 0.1) is 0 Å². The van der Waals surface area contributed by atoms with Crippen molar-refractivity contribution < 1.29 is 4.74 Å². The lowest BCUT2D eigenvalue weighted by atomic mass is 10.1. The quantitative estimate of drug-likeness (QED) is 0.921. The molecule has 0 aliphatic heterocycles. The highest BCUT2D eigenvalue weighted by atomic mass is 35.5. The fraction of sp³-hybridized carbons (Fsp3) is 0.231. The monoisotopic (exact) mass is 263 g/mol. The lowest BCUT2D eigenvalue weighted by molar-refractivity contribution is 0.398. The molecule has 18 heavy (non-hydrogen) atoms. The zero-order valence-electron chi connectivity index (χ0n) is 10.3. The van der Waals surface area contributed by atoms with Gasteiger partial charge in [-0.25, -0.2) is 9.97 Å². The number of hydrogen-bond acceptors (Lipinski definition) is 4. The first-order chi connectivity index (χ1) is 8.76. The van der Waals surface area contributed by atoms with E-state index in [-0.39, 0.29) is 0 Å². The Morgan fingerprint density at radius 1 is 1.28 bits per heavy atom. The Bertz CT molecular complexity index is 546. The van der Waals surface area contributed by atoms with Crippen LogP contribution in [0.25, 0.3) is 11.3 Å². The first kappa shape index (κ1) is 12.8. The predicted octanol–water partition coefficient (Wildman–Crippen LogP) is 2.53. The van der Waals surface area contributed by atoms with Crippen molar-refractivity contribution in [2.75, 3.05) is 14.2 Å². The first-order valence-electron chi connectivity index (χ1n) is 5.54. The third kappa shape index (κ3) is 2.60. The molecular weight excluding hydrogens is 250 g/mol. The molecule has 2 aromatic rings. The molecule has 94 valence electrons. The Balaban J connectivity index is 2.44. The Morgan fingerprint density at radius 2 is 2.06 bits per heavy atom. The number of hydrogen-bond donors (Lipinski definition) is 1. The summed E-state index contributed by atoms with van der Waals surface area (Å²) < 4.78 is 5.19. The van der Waals surface area contributed by atoms with E-state index in [4.69, 9.17) is 16.3 Å². The average molecular weight is 264 g/mol. The summed E-state index contributed by atoms with van der Waals surface area (Å²) in [6.07, 6.45) is 3.21. The van der Waals surface area contributed by atoms with E-state index in [1.165, 1.54) is 0 Å². The van der Waals surface area contributed by atoms with Crippen molar-refractivity contribution >= 4 is 11.6 Å². The summed E-state index contributed by atoms with van der Waals surface area (Å²) >= 11 is 6.28. The summed E-state index contributed by atoms with van der Waals surface area (Å²) in [4.78, 5) is 8.39. The van der Waals surface area contributed by atoms with Crippen LogP contribution in [0.1, 0.15) is 5.56 Å². The van der Waals surface area contributed by atoms with Gasteiger partial charge in [0.25, 0.3) is 0 Å². The van der Waals surface area contributed by atoms with E-state index in [1.807, 2.05) is 25.2 Å². The van der Waals surface area contributed by atoms with Gasteiger partial charge in [-0.15, -0.1) is 0 Å². The van der Waals surface area contributed by atoms with Gasteiger partial charge in [0.05, 0.1) is 12.1 Å². The summed E-state index contributed by atoms with van der Waals surface area (Å²) in [5.41, 5.74) is 2.59. The summed E-state index contributed by atoms with van der Waals surface area (Å²) in [6.45, 7) is 0.775. The molecule has 0 saturated carbocycles. The summed E-state index contributed by atoms with van der Waals surface area (Å²) in [6, 6.07) is 5.86. The molecule has 0 aliphatic carbocycles. The second-order valence-corrected chi connectivity index (χ2v) is 4.17. The maximum atomic E-state index is 6.28. The maximum absolute atomic E-state index is 6.28. The van der Waals surface area contributed by atoms with Crippen molar-refractivity contribution in [2.24, 2.45) is 0 Å². The molecule has 0 aliphatic rings. The molecule has 0 saturated heterocycles. The van der Waals surface area contributed by atoms with Crippen LogP contribution in [0.3, 0.4) is 0 Å². The number of ether oxygens (including phenoxy) is 1. The molecule has 0 unspecified atom stereocenters. The molecule has 4 nitrogen and oxygen atoms in total. The lowest BCUT2D eigenvalue weighted by Crippen LogP contribution is -2.05. The van der Waals surface area contributed by atoms with Crippen LogP contribution < -0.4 is 10.1 Å². The molecule has 1 aromatic heterocycles. The standard InChI is InChI=1S/C13H14ClN3O/c1-15-8-9-3-4-10(11(14)7-9)12-13(18-2)17-6-5-16-12/h3-7,15H,8H2,1-2H3. The average Bonchev–Trinajstić information content (AvgIpc) is 2.39. The molecule has 0 bridgehead atoms. The van der Waals surface area contributed by atoms with Crippen LogP contribution in [0.4, 0.5) is 0 Å². The Morgan fingerprint density at radius 3 is 2.72 bits per heavy atom. The smallest absolute Gasteiger partial charge is 0.240 e. The lowest BCUT2D eigenvalue weighted by Gasteiger charge is -2.09. The van der Waals surface area contributed by atoms with Crippen molar-refractivity contribution in [1.82, 2.24) is 15.3 Å². The van der Waals surface area contributed by atoms with Gasteiger partial charge in [-0.3, -0.25) is 0 Å². The van der Waals surface area contributed by atoms with Crippen molar-refractivity contribution in [3.63, 3.8) is 0 Å². The Hall–Kier alpha value is -1.65. The molecule has 0 fully saturated rings. The topological polar surface area (TPSA) is 47.0 Å². The molecule has 0 amide bonds. The van der Waals surface area contributed by atoms with E-state index < -0.39 is 0 Å². The highest BCUT2D eigenvalue weighted by Crippen LogP contribution is 2.31. The number of nitrogens with one attached hydrogen (secondary N) is 1. The predicted molar refractivity (Wildman–Crippen MR) is 71.8 cm³/mol. The summed E-state index contributed by atoms with van der Waals surface area (Å²) in [7, 11) is 3.46. The molecule has 0 spiro atoms. The molecule has 2 rings (SSSR count). The van der Waals surface area contributed by atoms with E-state index in [0.29, 0.717) is 16.6 Å². The van der Waals surface area contributed by atoms with Gasteiger partial charge in [0.15, 0.2) is 0 Å². The second kappa shape index (κ2) is 5.80. The van der Waals surface area contributed by atoms with Crippen molar-refractivity contribution in [3.05, 3.63) is 41.2 Å². The van der Waals surface area contributed by atoms with Crippen LogP contribution in [0.15, 0.2) is 30.6 Å². The number of aromatic nitrogens is 2. The van der Waals surface area contributed by atoms with Gasteiger partial charge in [0, 0.05) is 24.5 Å². The third-order valence-electron chi connectivity index (χ3n) is 2.53. The Labute approximate surface area is 111 Å². The van der Waals surface area contributed by atoms with Gasteiger partial charge in [-0.1, -0.05) is 23.7 Å². The maximum Gasteiger partial charge on any atom is 0.240 e. The summed E-state index contributed by atoms with van der Waals surface area (Å²) in [5.74, 6) is 0.473. The van der Waals surface area contributed by atoms with E-state index in [0.717, 1.165) is 17.7 Å². The molecule has 1 heterocycles. The van der Waals surface area contributed by atoms with Crippen molar-refractivity contribution in [3.8, 4) is 17.1 Å². The largest absolute Gasteiger partial charge is 0.479 e. The third-order valence-corrected chi connectivity index (χ3v) is 2.84. The fourth-order valence-corrected chi connectivity index (χ4v) is 2.02. The van der Waals surface area contributed by atoms with Crippen molar-refractivity contribution in [1.29, 1.82) is 0 Å². The minimum atomic E-state index is 0.473. The SMILES string of the molecule is CNCc1ccc(-c2nccnc2OC)c(Cl)c1. The van der Waals surface area contributed by atoms with Crippen LogP contribution in [0.5, 0.6) is 5.88 Å². The van der Waals surface area contributed by atoms with Gasteiger partial charge >= 0.3 is 0 Å². The molecular formula is C13H14ClN3O. The van der Waals surface area contributed by atoms with Gasteiger partial charge in [-0.05, 0) is 18.7 Å². The van der Waals surface area contributed by atoms with E-state index in [9.17, 15) is 0 Å². The van der Waals surface area contributed by atoms with Gasteiger partial charge < -0.3 is 10.1 Å². The second-order valence-electron chi connectivity index (χ2n) is 3.76. The number of rotatable bonds is 4. The van der Waals surface area contributed by atoms with E-state index in [2.05, 4.69) is 15.3 Å². The molecule has 0 atom stereocenters. The minimum Gasteiger partial charge on any atom is -0.479 e. The molecule has 5 heteroatoms. The van der Waals surface area contributed by atoms with Crippen LogP contribution >= 0.6 is 11.6 Å². The number of methoxy groups -OCH3 is 1. The highest BCUT2D eigenvalue weighted by Gasteiger charge is 2.12. The number of nitrogens with zero attached hydrogens (tertiary/aromatic N) is 2. The Kier molecular flexibility index (Phi) is 4.12. The highest BCUT2D eigenvalue weighted by molar-refractivity contribution is 6.33. The van der Waals surface area contributed by atoms with E-state index in [1.54, 1.807) is 19.5 Å². The summed E-state index contributed by atoms with van der Waals surface area (Å²) in [5, 5.41) is 3.72. The fourth-order valence-electron chi connectivity index (χ4n) is 1.72. The normalized spacial score (nSPS) is 10.4. The zero-order valence-corrected chi connectivity index (χ0v) is 11.0. The van der Waals surface area contributed by atoms with Gasteiger partial charge in [0.2, 0.25) is 5.88 Å². The minimum absolute atomic E-state index is 0.473. The van der Waals surface area contributed by atoms with Gasteiger partial charge in [0.1, 0.15) is 5.69 Å². The first-order valence-corrected chi connectivity index (χ1v) is 5.92. The number of halogens is 1. The number of benzene rings is 1.